The van der Waals surface area contributed by atoms with E-state index in [1.54, 1.807) is 57.7 Å². The lowest BCUT2D eigenvalue weighted by Gasteiger charge is -2.23. The summed E-state index contributed by atoms with van der Waals surface area (Å²) in [5.74, 6) is 1.08. The first-order valence-corrected chi connectivity index (χ1v) is 24.5. The Morgan fingerprint density at radius 3 is 1.18 bits per heavy atom. The number of rotatable bonds is 17. The van der Waals surface area contributed by atoms with Crippen LogP contribution in [0.5, 0.6) is 17.4 Å². The van der Waals surface area contributed by atoms with E-state index in [2.05, 4.69) is 29.5 Å². The van der Waals surface area contributed by atoms with Crippen molar-refractivity contribution in [2.45, 2.75) is 77.9 Å². The molecule has 0 spiro atoms. The number of halogens is 6. The van der Waals surface area contributed by atoms with E-state index < -0.39 is 18.1 Å². The van der Waals surface area contributed by atoms with Crippen molar-refractivity contribution in [2.75, 3.05) is 42.7 Å². The number of pyridine rings is 1. The van der Waals surface area contributed by atoms with Gasteiger partial charge in [-0.15, -0.1) is 0 Å². The van der Waals surface area contributed by atoms with Crippen LogP contribution >= 0.6 is 0 Å². The molecule has 2 saturated carbocycles. The molecule has 2 aliphatic carbocycles. The summed E-state index contributed by atoms with van der Waals surface area (Å²) in [4.78, 5) is 3.91. The van der Waals surface area contributed by atoms with Crippen LogP contribution in [0.25, 0.3) is 51.6 Å². The number of hydrogen-bond donors (Lipinski definition) is 0. The third-order valence-corrected chi connectivity index (χ3v) is 12.2. The van der Waals surface area contributed by atoms with Crippen molar-refractivity contribution >= 4 is 18.2 Å². The highest BCUT2D eigenvalue weighted by molar-refractivity contribution is 5.74. The highest BCUT2D eigenvalue weighted by Crippen LogP contribution is 2.48. The van der Waals surface area contributed by atoms with Gasteiger partial charge >= 0.3 is 6.18 Å². The van der Waals surface area contributed by atoms with Gasteiger partial charge in [0.25, 0.3) is 0 Å². The van der Waals surface area contributed by atoms with Gasteiger partial charge in [0.2, 0.25) is 5.88 Å². The summed E-state index contributed by atoms with van der Waals surface area (Å²) in [6.45, 7) is 19.2. The second kappa shape index (κ2) is 28.7. The fourth-order valence-electron chi connectivity index (χ4n) is 8.34. The van der Waals surface area contributed by atoms with Crippen molar-refractivity contribution < 1.29 is 54.8 Å². The molecule has 1 aromatic heterocycles. The maximum Gasteiger partial charge on any atom is 0.418 e. The Morgan fingerprint density at radius 1 is 0.473 bits per heavy atom. The number of nitrogens with zero attached hydrogens (tertiary/aromatic N) is 1. The molecule has 0 radical (unpaired) electrons. The molecule has 2 aliphatic rings. The normalized spacial score (nSPS) is 13.8. The van der Waals surface area contributed by atoms with Gasteiger partial charge in [0.15, 0.2) is 6.10 Å². The topological polar surface area (TPSA) is 68.3 Å². The van der Waals surface area contributed by atoms with Crippen LogP contribution in [-0.2, 0) is 14.2 Å². The summed E-state index contributed by atoms with van der Waals surface area (Å²) in [7, 11) is 8.89. The second-order valence-corrected chi connectivity index (χ2v) is 16.7. The smallest absolute Gasteiger partial charge is 0.418 e. The van der Waals surface area contributed by atoms with E-state index >= 15 is 0 Å². The molecule has 7 nitrogen and oxygen atoms in total. The van der Waals surface area contributed by atoms with Gasteiger partial charge in [-0.1, -0.05) is 102 Å². The van der Waals surface area contributed by atoms with E-state index in [0.717, 1.165) is 72.2 Å². The van der Waals surface area contributed by atoms with E-state index in [4.69, 9.17) is 23.7 Å². The lowest BCUT2D eigenvalue weighted by Crippen LogP contribution is -2.23. The van der Waals surface area contributed by atoms with Crippen LogP contribution in [-0.4, -0.2) is 53.8 Å². The van der Waals surface area contributed by atoms with Crippen molar-refractivity contribution in [3.8, 4) is 50.8 Å². The molecule has 0 saturated heterocycles. The van der Waals surface area contributed by atoms with Gasteiger partial charge in [-0.25, -0.2) is 18.2 Å². The number of ether oxygens (including phenoxy) is 6. The molecule has 396 valence electrons. The van der Waals surface area contributed by atoms with E-state index in [1.165, 1.54) is 56.8 Å². The monoisotopic (exact) mass is 1030 g/mol. The Hall–Kier alpha value is -6.67. The number of aromatic nitrogens is 1. The van der Waals surface area contributed by atoms with E-state index in [0.29, 0.717) is 45.9 Å². The molecule has 0 aliphatic heterocycles. The van der Waals surface area contributed by atoms with Crippen LogP contribution in [0, 0.1) is 29.3 Å². The van der Waals surface area contributed by atoms with E-state index in [1.807, 2.05) is 64.1 Å². The number of alkyl halides is 3. The molecular formula is C61H69F6NO6. The van der Waals surface area contributed by atoms with Crippen molar-refractivity contribution in [2.24, 2.45) is 11.8 Å². The molecule has 5 aromatic carbocycles. The zero-order valence-corrected chi connectivity index (χ0v) is 44.0. The van der Waals surface area contributed by atoms with Gasteiger partial charge in [0.05, 0.1) is 39.7 Å². The lowest BCUT2D eigenvalue weighted by molar-refractivity contribution is -0.215. The molecule has 8 rings (SSSR count). The standard InChI is InChI=1S/C20H21FO2.C19H20FNO2.C18H16F4O2.2C2H6/c1-4-13-5-9-16(17-12-15(22-2)8-10-19(17)21)18(11-13)20(23-3)14-6-7-14;1-4-12-5-8-14(15-10-18(22-2)21-11-17(15)20)16(9-12)19(23-3)13-6-7-13;1-4-11-5-7-13(14-10-12(23-2)6-8-16(14)19)15(9-11)17(24-3)18(20,21)22;2*1-2/h4-5,8-12,14,20H,1,6-7H2,2-3H3;4-5,8-11,13,19H,1,6-7H2,2-3H3;4-10,17H,1H2,2-3H3;2*1-2H3. The first-order chi connectivity index (χ1) is 35.7. The van der Waals surface area contributed by atoms with Gasteiger partial charge in [-0.3, -0.25) is 0 Å². The summed E-state index contributed by atoms with van der Waals surface area (Å²) >= 11 is 0. The first kappa shape index (κ1) is 59.9. The fraction of sp³-hybridized carbons (Fsp3) is 0.328. The third-order valence-electron chi connectivity index (χ3n) is 12.2. The molecule has 1 heterocycles. The minimum Gasteiger partial charge on any atom is -0.497 e. The lowest BCUT2D eigenvalue weighted by atomic mass is 9.92. The minimum absolute atomic E-state index is 0.00580. The maximum absolute atomic E-state index is 14.4. The second-order valence-electron chi connectivity index (χ2n) is 16.7. The summed E-state index contributed by atoms with van der Waals surface area (Å²) in [6, 6.07) is 26.4. The van der Waals surface area contributed by atoms with Crippen molar-refractivity contribution in [1.82, 2.24) is 4.98 Å². The van der Waals surface area contributed by atoms with Gasteiger partial charge in [0, 0.05) is 44.1 Å². The minimum atomic E-state index is -4.64. The summed E-state index contributed by atoms with van der Waals surface area (Å²) < 4.78 is 114. The van der Waals surface area contributed by atoms with Crippen molar-refractivity contribution in [1.29, 1.82) is 0 Å². The summed E-state index contributed by atoms with van der Waals surface area (Å²) in [5, 5.41) is 0. The molecule has 2 fully saturated rings. The fourth-order valence-corrected chi connectivity index (χ4v) is 8.34. The number of methoxy groups -OCH3 is 6. The molecule has 0 bridgehead atoms. The summed E-state index contributed by atoms with van der Waals surface area (Å²) in [5.41, 5.74) is 7.06. The largest absolute Gasteiger partial charge is 0.497 e. The van der Waals surface area contributed by atoms with E-state index in [-0.39, 0.29) is 40.5 Å². The van der Waals surface area contributed by atoms with Gasteiger partial charge < -0.3 is 28.4 Å². The molecule has 0 N–H and O–H groups in total. The number of hydrogen-bond acceptors (Lipinski definition) is 7. The zero-order valence-electron chi connectivity index (χ0n) is 44.0. The van der Waals surface area contributed by atoms with Gasteiger partial charge in [-0.2, -0.15) is 13.2 Å². The molecule has 74 heavy (non-hydrogen) atoms. The highest BCUT2D eigenvalue weighted by atomic mass is 19.4. The average Bonchev–Trinajstić information content (AvgIpc) is 4.39. The first-order valence-electron chi connectivity index (χ1n) is 24.5. The SMILES string of the molecule is C=Cc1ccc(-c2cc(OC)ccc2F)c(C(OC)C(F)(F)F)c1.C=Cc1ccc(-c2cc(OC)ccc2F)c(C(OC)C2CC2)c1.C=Cc1ccc(-c2cc(OC)ncc2F)c(C(OC)C2CC2)c1.CC.CC. The Labute approximate surface area is 433 Å². The maximum atomic E-state index is 14.4. The van der Waals surface area contributed by atoms with E-state index in [9.17, 15) is 26.3 Å². The van der Waals surface area contributed by atoms with Gasteiger partial charge in [0.1, 0.15) is 29.0 Å². The van der Waals surface area contributed by atoms with Crippen LogP contribution in [0.15, 0.2) is 123 Å². The molecule has 0 amide bonds. The Bertz CT molecular complexity index is 2660. The molecular weight excluding hydrogens is 957 g/mol. The van der Waals surface area contributed by atoms with Crippen molar-refractivity contribution in [3.05, 3.63) is 174 Å². The van der Waals surface area contributed by atoms with Gasteiger partial charge in [-0.05, 0) is 142 Å². The quantitative estimate of drug-likeness (QED) is 0.0843. The zero-order chi connectivity index (χ0) is 54.7. The molecule has 3 unspecified atom stereocenters. The predicted molar refractivity (Wildman–Crippen MR) is 287 cm³/mol. The molecule has 6 aromatic rings. The Balaban J connectivity index is 0.000000232. The van der Waals surface area contributed by atoms with Crippen molar-refractivity contribution in [3.63, 3.8) is 0 Å². The van der Waals surface area contributed by atoms with Crippen LogP contribution < -0.4 is 14.2 Å². The molecule has 13 heteroatoms. The van der Waals surface area contributed by atoms with Crippen LogP contribution in [0.4, 0.5) is 26.3 Å². The van der Waals surface area contributed by atoms with Crippen LogP contribution in [0.1, 0.15) is 105 Å². The molecule has 3 atom stereocenters. The Morgan fingerprint density at radius 2 is 0.851 bits per heavy atom. The number of benzene rings is 5. The van der Waals surface area contributed by atoms with Crippen LogP contribution in [0.3, 0.4) is 0 Å². The summed E-state index contributed by atoms with van der Waals surface area (Å²) in [6.07, 6.45) is 3.89. The predicted octanol–water partition coefficient (Wildman–Crippen LogP) is 17.3. The highest BCUT2D eigenvalue weighted by Gasteiger charge is 2.43. The Kier molecular flexibility index (Phi) is 23.2. The average molecular weight is 1030 g/mol. The van der Waals surface area contributed by atoms with Crippen LogP contribution in [0.2, 0.25) is 0 Å². The third kappa shape index (κ3) is 15.2.